The third-order valence-electron chi connectivity index (χ3n) is 6.23. The van der Waals surface area contributed by atoms with Gasteiger partial charge in [-0.2, -0.15) is 0 Å². The molecular weight excluding hydrogens is 376 g/mol. The van der Waals surface area contributed by atoms with Gasteiger partial charge in [0.15, 0.2) is 5.82 Å². The summed E-state index contributed by atoms with van der Waals surface area (Å²) < 4.78 is 1.98. The average molecular weight is 402 g/mol. The van der Waals surface area contributed by atoms with Crippen molar-refractivity contribution in [2.24, 2.45) is 5.92 Å². The standard InChI is InChI=1S/C24H26N4O2/c1-17-6-5-11-26(15-17)23(29)19-9-10-21-20(14-19)25-22-24(30)27(12-13-28(21)22)16-18-7-3-2-4-8-18/h2-4,7-10,14,17H,5-6,11-13,15-16H2,1H3. The van der Waals surface area contributed by atoms with Gasteiger partial charge in [-0.3, -0.25) is 9.59 Å². The molecule has 5 rings (SSSR count). The van der Waals surface area contributed by atoms with Crippen LogP contribution in [-0.2, 0) is 13.1 Å². The van der Waals surface area contributed by atoms with Crippen LogP contribution in [-0.4, -0.2) is 50.8 Å². The fourth-order valence-corrected chi connectivity index (χ4v) is 4.63. The zero-order chi connectivity index (χ0) is 20.7. The predicted octanol–water partition coefficient (Wildman–Crippen LogP) is 3.56. The molecule has 0 aliphatic carbocycles. The second-order valence-corrected chi connectivity index (χ2v) is 8.50. The molecule has 1 unspecified atom stereocenters. The fourth-order valence-electron chi connectivity index (χ4n) is 4.63. The lowest BCUT2D eigenvalue weighted by Gasteiger charge is -2.31. The van der Waals surface area contributed by atoms with Crippen LogP contribution in [0.4, 0.5) is 0 Å². The van der Waals surface area contributed by atoms with Gasteiger partial charge in [0, 0.05) is 38.3 Å². The van der Waals surface area contributed by atoms with E-state index in [0.29, 0.717) is 36.9 Å². The number of carbonyl (C=O) groups excluding carboxylic acids is 2. The van der Waals surface area contributed by atoms with Gasteiger partial charge in [-0.15, -0.1) is 0 Å². The third kappa shape index (κ3) is 3.36. The Morgan fingerprint density at radius 1 is 1.10 bits per heavy atom. The summed E-state index contributed by atoms with van der Waals surface area (Å²) in [4.78, 5) is 34.4. The second-order valence-electron chi connectivity index (χ2n) is 8.50. The van der Waals surface area contributed by atoms with E-state index in [9.17, 15) is 9.59 Å². The van der Waals surface area contributed by atoms with E-state index in [1.807, 2.05) is 62.9 Å². The van der Waals surface area contributed by atoms with Gasteiger partial charge in [0.05, 0.1) is 11.0 Å². The van der Waals surface area contributed by atoms with Crippen LogP contribution in [0.5, 0.6) is 0 Å². The Morgan fingerprint density at radius 3 is 2.73 bits per heavy atom. The van der Waals surface area contributed by atoms with Crippen LogP contribution in [0.1, 0.15) is 46.3 Å². The van der Waals surface area contributed by atoms with E-state index in [-0.39, 0.29) is 11.8 Å². The number of nitrogens with zero attached hydrogens (tertiary/aromatic N) is 4. The Balaban J connectivity index is 1.41. The maximum Gasteiger partial charge on any atom is 0.290 e. The van der Waals surface area contributed by atoms with Crippen LogP contribution in [0.25, 0.3) is 11.0 Å². The minimum Gasteiger partial charge on any atom is -0.338 e. The number of amides is 2. The number of likely N-dealkylation sites (tertiary alicyclic amines) is 1. The number of aromatic nitrogens is 2. The summed E-state index contributed by atoms with van der Waals surface area (Å²) in [5.41, 5.74) is 3.40. The van der Waals surface area contributed by atoms with E-state index >= 15 is 0 Å². The van der Waals surface area contributed by atoms with Crippen LogP contribution < -0.4 is 0 Å². The van der Waals surface area contributed by atoms with Crippen molar-refractivity contribution in [2.45, 2.75) is 32.9 Å². The van der Waals surface area contributed by atoms with Gasteiger partial charge in [-0.25, -0.2) is 4.98 Å². The molecule has 154 valence electrons. The highest BCUT2D eigenvalue weighted by molar-refractivity contribution is 6.00. The number of rotatable bonds is 3. The van der Waals surface area contributed by atoms with Crippen LogP contribution in [0.15, 0.2) is 48.5 Å². The van der Waals surface area contributed by atoms with E-state index in [1.165, 1.54) is 6.42 Å². The number of imidazole rings is 1. The van der Waals surface area contributed by atoms with Crippen molar-refractivity contribution >= 4 is 22.8 Å². The van der Waals surface area contributed by atoms with Crippen molar-refractivity contribution in [2.75, 3.05) is 19.6 Å². The van der Waals surface area contributed by atoms with Gasteiger partial charge in [0.25, 0.3) is 11.8 Å². The minimum absolute atomic E-state index is 0.0564. The Labute approximate surface area is 176 Å². The summed E-state index contributed by atoms with van der Waals surface area (Å²) in [6, 6.07) is 15.7. The zero-order valence-electron chi connectivity index (χ0n) is 17.3. The Hall–Kier alpha value is -3.15. The van der Waals surface area contributed by atoms with E-state index in [1.54, 1.807) is 0 Å². The van der Waals surface area contributed by atoms with Crippen LogP contribution >= 0.6 is 0 Å². The molecule has 30 heavy (non-hydrogen) atoms. The van der Waals surface area contributed by atoms with Crippen LogP contribution in [0.3, 0.4) is 0 Å². The van der Waals surface area contributed by atoms with Gasteiger partial charge in [0.1, 0.15) is 0 Å². The van der Waals surface area contributed by atoms with Crippen molar-refractivity contribution in [1.29, 1.82) is 0 Å². The molecule has 3 aromatic rings. The fraction of sp³-hybridized carbons (Fsp3) is 0.375. The molecule has 1 atom stereocenters. The van der Waals surface area contributed by atoms with Gasteiger partial charge in [-0.1, -0.05) is 37.3 Å². The molecule has 6 heteroatoms. The highest BCUT2D eigenvalue weighted by atomic mass is 16.2. The normalized spacial score (nSPS) is 19.2. The van der Waals surface area contributed by atoms with E-state index in [2.05, 4.69) is 11.9 Å². The molecule has 2 aliphatic rings. The molecule has 0 spiro atoms. The summed E-state index contributed by atoms with van der Waals surface area (Å²) in [6.07, 6.45) is 2.23. The van der Waals surface area contributed by atoms with Crippen molar-refractivity contribution < 1.29 is 9.59 Å². The molecule has 0 bridgehead atoms. The van der Waals surface area contributed by atoms with Crippen LogP contribution in [0, 0.1) is 5.92 Å². The lowest BCUT2D eigenvalue weighted by molar-refractivity contribution is 0.0677. The van der Waals surface area contributed by atoms with Gasteiger partial charge >= 0.3 is 0 Å². The molecule has 2 aliphatic heterocycles. The van der Waals surface area contributed by atoms with Gasteiger partial charge < -0.3 is 14.4 Å². The molecule has 6 nitrogen and oxygen atoms in total. The van der Waals surface area contributed by atoms with Crippen molar-refractivity contribution in [3.63, 3.8) is 0 Å². The number of hydrogen-bond donors (Lipinski definition) is 0. The molecule has 0 radical (unpaired) electrons. The number of fused-ring (bicyclic) bond motifs is 3. The maximum absolute atomic E-state index is 13.1. The maximum atomic E-state index is 13.1. The zero-order valence-corrected chi connectivity index (χ0v) is 17.3. The first-order valence-electron chi connectivity index (χ1n) is 10.7. The predicted molar refractivity (Wildman–Crippen MR) is 115 cm³/mol. The van der Waals surface area contributed by atoms with Crippen molar-refractivity contribution in [3.8, 4) is 0 Å². The smallest absolute Gasteiger partial charge is 0.290 e. The number of carbonyl (C=O) groups is 2. The first-order chi connectivity index (χ1) is 14.6. The minimum atomic E-state index is -0.0564. The molecule has 0 saturated carbocycles. The second kappa shape index (κ2) is 7.59. The van der Waals surface area contributed by atoms with Gasteiger partial charge in [-0.05, 0) is 42.5 Å². The quantitative estimate of drug-likeness (QED) is 0.673. The highest BCUT2D eigenvalue weighted by Gasteiger charge is 2.29. The molecule has 1 saturated heterocycles. The summed E-state index contributed by atoms with van der Waals surface area (Å²) >= 11 is 0. The first-order valence-corrected chi connectivity index (χ1v) is 10.7. The summed E-state index contributed by atoms with van der Waals surface area (Å²) in [5.74, 6) is 1.01. The third-order valence-corrected chi connectivity index (χ3v) is 6.23. The summed E-state index contributed by atoms with van der Waals surface area (Å²) in [7, 11) is 0. The van der Waals surface area contributed by atoms with Crippen molar-refractivity contribution in [3.05, 3.63) is 65.5 Å². The summed E-state index contributed by atoms with van der Waals surface area (Å²) in [6.45, 7) is 5.76. The van der Waals surface area contributed by atoms with Crippen LogP contribution in [0.2, 0.25) is 0 Å². The lowest BCUT2D eigenvalue weighted by atomic mass is 9.99. The van der Waals surface area contributed by atoms with Crippen molar-refractivity contribution in [1.82, 2.24) is 19.4 Å². The molecule has 2 aromatic carbocycles. The Kier molecular flexibility index (Phi) is 4.77. The lowest BCUT2D eigenvalue weighted by Crippen LogP contribution is -2.39. The molecule has 0 N–H and O–H groups in total. The molecule has 2 amide bonds. The Morgan fingerprint density at radius 2 is 1.93 bits per heavy atom. The van der Waals surface area contributed by atoms with E-state index in [4.69, 9.17) is 0 Å². The molecule has 3 heterocycles. The van der Waals surface area contributed by atoms with Gasteiger partial charge in [0.2, 0.25) is 0 Å². The first kappa shape index (κ1) is 18.9. The van der Waals surface area contributed by atoms with E-state index in [0.717, 1.165) is 36.1 Å². The van der Waals surface area contributed by atoms with E-state index < -0.39 is 0 Å². The summed E-state index contributed by atoms with van der Waals surface area (Å²) in [5, 5.41) is 0. The highest BCUT2D eigenvalue weighted by Crippen LogP contribution is 2.25. The number of benzene rings is 2. The monoisotopic (exact) mass is 402 g/mol. The number of piperidine rings is 1. The largest absolute Gasteiger partial charge is 0.338 e. The molecular formula is C24H26N4O2. The SMILES string of the molecule is CC1CCCN(C(=O)c2ccc3c(c2)nc2n3CCN(Cc3ccccc3)C2=O)C1. The number of hydrogen-bond acceptors (Lipinski definition) is 3. The average Bonchev–Trinajstić information content (AvgIpc) is 3.14. The molecule has 1 fully saturated rings. The topological polar surface area (TPSA) is 58.4 Å². The molecule has 1 aromatic heterocycles. The Bertz CT molecular complexity index is 1110.